The summed E-state index contributed by atoms with van der Waals surface area (Å²) in [6, 6.07) is 7.70. The van der Waals surface area contributed by atoms with Crippen molar-refractivity contribution in [3.8, 4) is 5.69 Å². The van der Waals surface area contributed by atoms with Crippen LogP contribution >= 0.6 is 15.9 Å². The van der Waals surface area contributed by atoms with E-state index in [9.17, 15) is 0 Å². The van der Waals surface area contributed by atoms with Crippen LogP contribution in [0, 0.1) is 13.8 Å². The van der Waals surface area contributed by atoms with Crippen molar-refractivity contribution in [1.82, 2.24) is 14.8 Å². The number of hydrogen-bond acceptors (Lipinski definition) is 3. The smallest absolute Gasteiger partial charge is 0.0758 e. The molecule has 2 aromatic heterocycles. The SMILES string of the molecule is Cc1nn(-c2ccnc3cc(N)ccc23)c(C)c1Br. The van der Waals surface area contributed by atoms with Crippen molar-refractivity contribution in [1.29, 1.82) is 0 Å². The zero-order chi connectivity index (χ0) is 13.6. The van der Waals surface area contributed by atoms with Gasteiger partial charge < -0.3 is 5.73 Å². The number of nitrogens with two attached hydrogens (primary N) is 1. The largest absolute Gasteiger partial charge is 0.399 e. The zero-order valence-electron chi connectivity index (χ0n) is 10.7. The number of rotatable bonds is 1. The molecule has 0 aliphatic carbocycles. The van der Waals surface area contributed by atoms with Crippen molar-refractivity contribution < 1.29 is 0 Å². The quantitative estimate of drug-likeness (QED) is 0.700. The minimum absolute atomic E-state index is 0.715. The minimum atomic E-state index is 0.715. The van der Waals surface area contributed by atoms with Crippen LogP contribution in [0.4, 0.5) is 5.69 Å². The lowest BCUT2D eigenvalue weighted by molar-refractivity contribution is 0.838. The van der Waals surface area contributed by atoms with E-state index in [1.54, 1.807) is 6.20 Å². The van der Waals surface area contributed by atoms with Crippen LogP contribution in [0.1, 0.15) is 11.4 Å². The van der Waals surface area contributed by atoms with Gasteiger partial charge in [-0.1, -0.05) is 0 Å². The lowest BCUT2D eigenvalue weighted by Gasteiger charge is -2.08. The fourth-order valence-corrected chi connectivity index (χ4v) is 2.44. The van der Waals surface area contributed by atoms with Crippen molar-refractivity contribution in [2.75, 3.05) is 5.73 Å². The Bertz CT molecular complexity index is 776. The van der Waals surface area contributed by atoms with E-state index in [0.717, 1.165) is 32.5 Å². The second kappa shape index (κ2) is 4.35. The summed E-state index contributed by atoms with van der Waals surface area (Å²) in [6.45, 7) is 4.02. The molecule has 0 bridgehead atoms. The predicted molar refractivity (Wildman–Crippen MR) is 80.5 cm³/mol. The molecule has 0 saturated heterocycles. The molecule has 2 heterocycles. The molecule has 19 heavy (non-hydrogen) atoms. The van der Waals surface area contributed by atoms with E-state index in [-0.39, 0.29) is 0 Å². The fraction of sp³-hybridized carbons (Fsp3) is 0.143. The number of nitrogens with zero attached hydrogens (tertiary/aromatic N) is 3. The summed E-state index contributed by atoms with van der Waals surface area (Å²) >= 11 is 3.55. The van der Waals surface area contributed by atoms with Crippen molar-refractivity contribution in [3.05, 3.63) is 46.3 Å². The van der Waals surface area contributed by atoms with E-state index in [0.29, 0.717) is 5.69 Å². The van der Waals surface area contributed by atoms with Crippen molar-refractivity contribution >= 4 is 32.5 Å². The van der Waals surface area contributed by atoms with Crippen molar-refractivity contribution in [3.63, 3.8) is 0 Å². The van der Waals surface area contributed by atoms with Gasteiger partial charge in [-0.25, -0.2) is 4.68 Å². The van der Waals surface area contributed by atoms with Crippen molar-refractivity contribution in [2.24, 2.45) is 0 Å². The average Bonchev–Trinajstić information content (AvgIpc) is 2.65. The van der Waals surface area contributed by atoms with Crippen LogP contribution in [0.15, 0.2) is 34.9 Å². The van der Waals surface area contributed by atoms with E-state index in [1.807, 2.05) is 42.8 Å². The molecule has 0 radical (unpaired) electrons. The van der Waals surface area contributed by atoms with Gasteiger partial charge >= 0.3 is 0 Å². The summed E-state index contributed by atoms with van der Waals surface area (Å²) in [6.07, 6.45) is 1.78. The standard InChI is InChI=1S/C14H13BrN4/c1-8-14(15)9(2)19(18-8)13-5-6-17-12-7-10(16)3-4-11(12)13/h3-7H,16H2,1-2H3. The number of halogens is 1. The molecule has 3 rings (SSSR count). The fourth-order valence-electron chi connectivity index (χ4n) is 2.19. The first-order valence-corrected chi connectivity index (χ1v) is 6.73. The third-order valence-corrected chi connectivity index (χ3v) is 4.32. The van der Waals surface area contributed by atoms with Gasteiger partial charge in [0.1, 0.15) is 0 Å². The lowest BCUT2D eigenvalue weighted by atomic mass is 10.1. The molecule has 4 nitrogen and oxygen atoms in total. The van der Waals surface area contributed by atoms with E-state index in [2.05, 4.69) is 26.0 Å². The Morgan fingerprint density at radius 3 is 2.68 bits per heavy atom. The summed E-state index contributed by atoms with van der Waals surface area (Å²) < 4.78 is 2.97. The van der Waals surface area contributed by atoms with Gasteiger partial charge in [-0.15, -0.1) is 0 Å². The molecule has 0 aliphatic heterocycles. The van der Waals surface area contributed by atoms with Crippen LogP contribution in [0.2, 0.25) is 0 Å². The van der Waals surface area contributed by atoms with Gasteiger partial charge in [0, 0.05) is 17.3 Å². The van der Waals surface area contributed by atoms with E-state index in [1.165, 1.54) is 0 Å². The highest BCUT2D eigenvalue weighted by molar-refractivity contribution is 9.10. The first-order valence-electron chi connectivity index (χ1n) is 5.94. The maximum atomic E-state index is 5.80. The molecule has 0 saturated carbocycles. The number of aromatic nitrogens is 3. The molecule has 0 unspecified atom stereocenters. The third-order valence-electron chi connectivity index (χ3n) is 3.17. The predicted octanol–water partition coefficient (Wildman–Crippen LogP) is 3.38. The average molecular weight is 317 g/mol. The maximum Gasteiger partial charge on any atom is 0.0758 e. The highest BCUT2D eigenvalue weighted by Crippen LogP contribution is 2.27. The molecule has 3 aromatic rings. The van der Waals surface area contributed by atoms with Crippen LogP contribution in [0.25, 0.3) is 16.6 Å². The van der Waals surface area contributed by atoms with Crippen LogP contribution in [0.3, 0.4) is 0 Å². The number of nitrogen functional groups attached to an aromatic ring is 1. The Hall–Kier alpha value is -1.88. The summed E-state index contributed by atoms with van der Waals surface area (Å²) in [5.74, 6) is 0. The van der Waals surface area contributed by atoms with Crippen molar-refractivity contribution in [2.45, 2.75) is 13.8 Å². The van der Waals surface area contributed by atoms with Gasteiger partial charge in [0.15, 0.2) is 0 Å². The first-order chi connectivity index (χ1) is 9.08. The van der Waals surface area contributed by atoms with Gasteiger partial charge in [-0.05, 0) is 54.0 Å². The highest BCUT2D eigenvalue weighted by Gasteiger charge is 2.12. The van der Waals surface area contributed by atoms with Gasteiger partial charge in [0.2, 0.25) is 0 Å². The maximum absolute atomic E-state index is 5.80. The summed E-state index contributed by atoms with van der Waals surface area (Å²) in [4.78, 5) is 4.35. The third kappa shape index (κ3) is 1.90. The van der Waals surface area contributed by atoms with E-state index in [4.69, 9.17) is 5.73 Å². The molecule has 0 fully saturated rings. The molecule has 96 valence electrons. The molecule has 2 N–H and O–H groups in total. The topological polar surface area (TPSA) is 56.7 Å². The molecule has 0 atom stereocenters. The molecule has 1 aromatic carbocycles. The Morgan fingerprint density at radius 1 is 1.21 bits per heavy atom. The second-order valence-corrected chi connectivity index (χ2v) is 5.30. The zero-order valence-corrected chi connectivity index (χ0v) is 12.3. The summed E-state index contributed by atoms with van der Waals surface area (Å²) in [5, 5.41) is 5.60. The Morgan fingerprint density at radius 2 is 2.00 bits per heavy atom. The van der Waals surface area contributed by atoms with E-state index < -0.39 is 0 Å². The number of hydrogen-bond donors (Lipinski definition) is 1. The molecule has 5 heteroatoms. The Balaban J connectivity index is 2.33. The van der Waals surface area contributed by atoms with Crippen LogP contribution in [-0.4, -0.2) is 14.8 Å². The van der Waals surface area contributed by atoms with E-state index >= 15 is 0 Å². The Labute approximate surface area is 119 Å². The monoisotopic (exact) mass is 316 g/mol. The number of fused-ring (bicyclic) bond motifs is 1. The number of benzene rings is 1. The summed E-state index contributed by atoms with van der Waals surface area (Å²) in [5.41, 5.74) is 10.4. The Kier molecular flexibility index (Phi) is 2.78. The van der Waals surface area contributed by atoms with Gasteiger partial charge in [-0.3, -0.25) is 4.98 Å². The van der Waals surface area contributed by atoms with Crippen LogP contribution in [0.5, 0.6) is 0 Å². The molecule has 0 spiro atoms. The summed E-state index contributed by atoms with van der Waals surface area (Å²) in [7, 11) is 0. The number of anilines is 1. The second-order valence-electron chi connectivity index (χ2n) is 4.50. The van der Waals surface area contributed by atoms with Gasteiger partial charge in [0.05, 0.1) is 27.1 Å². The number of aryl methyl sites for hydroxylation is 1. The van der Waals surface area contributed by atoms with Crippen LogP contribution < -0.4 is 5.73 Å². The molecule has 0 amide bonds. The van der Waals surface area contributed by atoms with Gasteiger partial charge in [-0.2, -0.15) is 5.10 Å². The minimum Gasteiger partial charge on any atom is -0.399 e. The normalized spacial score (nSPS) is 11.1. The van der Waals surface area contributed by atoms with Gasteiger partial charge in [0.25, 0.3) is 0 Å². The lowest BCUT2D eigenvalue weighted by Crippen LogP contribution is -2.01. The molecular weight excluding hydrogens is 304 g/mol. The number of pyridine rings is 1. The first kappa shape index (κ1) is 12.2. The van der Waals surface area contributed by atoms with Crippen LogP contribution in [-0.2, 0) is 0 Å². The molecular formula is C14H13BrN4. The highest BCUT2D eigenvalue weighted by atomic mass is 79.9. The molecule has 0 aliphatic rings.